The summed E-state index contributed by atoms with van der Waals surface area (Å²) in [6.07, 6.45) is 0. The van der Waals surface area contributed by atoms with Gasteiger partial charge in [-0.3, -0.25) is 4.79 Å². The number of thioether (sulfide) groups is 1. The molecule has 21 heavy (non-hydrogen) atoms. The molecule has 1 heterocycles. The number of rotatable bonds is 10. The van der Waals surface area contributed by atoms with Crippen molar-refractivity contribution in [3.63, 3.8) is 0 Å². The van der Waals surface area contributed by atoms with Crippen LogP contribution in [-0.2, 0) is 15.3 Å². The van der Waals surface area contributed by atoms with Crippen molar-refractivity contribution in [2.75, 3.05) is 39.1 Å². The van der Waals surface area contributed by atoms with Crippen molar-refractivity contribution in [1.82, 2.24) is 15.8 Å². The second-order valence-corrected chi connectivity index (χ2v) is 5.37. The molecular weight excluding hydrogens is 314 g/mol. The van der Waals surface area contributed by atoms with Crippen molar-refractivity contribution in [3.8, 4) is 0 Å². The maximum absolute atomic E-state index is 11.6. The number of carbonyl (C=O) groups is 1. The van der Waals surface area contributed by atoms with Crippen molar-refractivity contribution in [3.05, 3.63) is 17.0 Å². The Balaban J connectivity index is 0.00000400. The van der Waals surface area contributed by atoms with Crippen molar-refractivity contribution in [2.45, 2.75) is 19.6 Å². The molecule has 0 spiro atoms. The molecule has 0 saturated carbocycles. The lowest BCUT2D eigenvalue weighted by Gasteiger charge is -2.06. The monoisotopic (exact) mass is 337 g/mol. The average Bonchev–Trinajstić information content (AvgIpc) is 2.74. The number of methoxy groups -OCH3 is 1. The molecule has 2 N–H and O–H groups in total. The Morgan fingerprint density at radius 1 is 1.33 bits per heavy atom. The second-order valence-electron chi connectivity index (χ2n) is 4.39. The predicted molar refractivity (Wildman–Crippen MR) is 87.1 cm³/mol. The largest absolute Gasteiger partial charge is 0.383 e. The minimum absolute atomic E-state index is 0. The molecule has 0 aliphatic heterocycles. The van der Waals surface area contributed by atoms with Gasteiger partial charge in [0.15, 0.2) is 0 Å². The molecule has 0 aliphatic carbocycles. The predicted octanol–water partition coefficient (Wildman–Crippen LogP) is 1.30. The van der Waals surface area contributed by atoms with E-state index in [4.69, 9.17) is 9.26 Å². The number of ether oxygens (including phenoxy) is 1. The first kappa shape index (κ1) is 20.2. The molecule has 0 aromatic carbocycles. The van der Waals surface area contributed by atoms with Crippen LogP contribution in [0.3, 0.4) is 0 Å². The molecule has 1 aromatic rings. The zero-order valence-electron chi connectivity index (χ0n) is 12.7. The first-order valence-corrected chi connectivity index (χ1v) is 7.76. The van der Waals surface area contributed by atoms with Crippen LogP contribution in [0.25, 0.3) is 0 Å². The Labute approximate surface area is 136 Å². The van der Waals surface area contributed by atoms with E-state index in [9.17, 15) is 4.79 Å². The van der Waals surface area contributed by atoms with E-state index in [1.54, 1.807) is 18.9 Å². The minimum Gasteiger partial charge on any atom is -0.383 e. The summed E-state index contributed by atoms with van der Waals surface area (Å²) in [5, 5.41) is 9.93. The molecule has 1 amide bonds. The Morgan fingerprint density at radius 3 is 2.71 bits per heavy atom. The molecule has 0 unspecified atom stereocenters. The zero-order chi connectivity index (χ0) is 14.8. The minimum atomic E-state index is 0. The Kier molecular flexibility index (Phi) is 11.4. The fraction of sp³-hybridized carbons (Fsp3) is 0.692. The van der Waals surface area contributed by atoms with E-state index >= 15 is 0 Å². The summed E-state index contributed by atoms with van der Waals surface area (Å²) >= 11 is 1.57. The van der Waals surface area contributed by atoms with Gasteiger partial charge in [0.05, 0.1) is 18.1 Å². The third kappa shape index (κ3) is 8.31. The average molecular weight is 338 g/mol. The molecule has 0 atom stereocenters. The van der Waals surface area contributed by atoms with Gasteiger partial charge in [-0.25, -0.2) is 0 Å². The van der Waals surface area contributed by atoms with Gasteiger partial charge in [0.2, 0.25) is 5.91 Å². The van der Waals surface area contributed by atoms with Crippen LogP contribution < -0.4 is 10.6 Å². The van der Waals surface area contributed by atoms with Gasteiger partial charge in [-0.15, -0.1) is 24.2 Å². The van der Waals surface area contributed by atoms with E-state index in [0.29, 0.717) is 18.9 Å². The topological polar surface area (TPSA) is 76.4 Å². The fourth-order valence-electron chi connectivity index (χ4n) is 1.59. The van der Waals surface area contributed by atoms with E-state index in [2.05, 4.69) is 15.8 Å². The van der Waals surface area contributed by atoms with Crippen LogP contribution in [0.5, 0.6) is 0 Å². The molecular formula is C13H24ClN3O3S. The third-order valence-corrected chi connectivity index (χ3v) is 3.73. The first-order chi connectivity index (χ1) is 9.65. The fourth-order valence-corrected chi connectivity index (χ4v) is 2.60. The molecule has 1 aromatic heterocycles. The highest BCUT2D eigenvalue weighted by Crippen LogP contribution is 2.18. The number of nitrogens with one attached hydrogen (secondary N) is 2. The van der Waals surface area contributed by atoms with Gasteiger partial charge < -0.3 is 19.9 Å². The van der Waals surface area contributed by atoms with E-state index in [0.717, 1.165) is 35.9 Å². The molecule has 1 rings (SSSR count). The highest BCUT2D eigenvalue weighted by molar-refractivity contribution is 7.99. The lowest BCUT2D eigenvalue weighted by atomic mass is 10.2. The lowest BCUT2D eigenvalue weighted by molar-refractivity contribution is -0.118. The van der Waals surface area contributed by atoms with Crippen LogP contribution in [-0.4, -0.2) is 50.2 Å². The standard InChI is InChI=1S/C13H23N3O3S.ClH/c1-10-12(11(2)19-16-10)8-20-9-13(17)15-5-4-14-6-7-18-3;/h14H,4-9H2,1-3H3,(H,15,17);1H. The summed E-state index contributed by atoms with van der Waals surface area (Å²) in [6.45, 7) is 6.67. The number of carbonyl (C=O) groups excluding carboxylic acids is 1. The molecule has 0 bridgehead atoms. The van der Waals surface area contributed by atoms with Crippen LogP contribution in [0.4, 0.5) is 0 Å². The number of aromatic nitrogens is 1. The van der Waals surface area contributed by atoms with Crippen molar-refractivity contribution < 1.29 is 14.1 Å². The maximum Gasteiger partial charge on any atom is 0.230 e. The van der Waals surface area contributed by atoms with Crippen molar-refractivity contribution in [1.29, 1.82) is 0 Å². The van der Waals surface area contributed by atoms with E-state index < -0.39 is 0 Å². The van der Waals surface area contributed by atoms with Crippen LogP contribution in [0.15, 0.2) is 4.52 Å². The van der Waals surface area contributed by atoms with Gasteiger partial charge in [0.1, 0.15) is 5.76 Å². The number of hydrogen-bond acceptors (Lipinski definition) is 6. The molecule has 8 heteroatoms. The van der Waals surface area contributed by atoms with Crippen LogP contribution in [0, 0.1) is 13.8 Å². The first-order valence-electron chi connectivity index (χ1n) is 6.61. The summed E-state index contributed by atoms with van der Waals surface area (Å²) in [6, 6.07) is 0. The summed E-state index contributed by atoms with van der Waals surface area (Å²) in [5.41, 5.74) is 1.99. The molecule has 0 fully saturated rings. The molecule has 122 valence electrons. The van der Waals surface area contributed by atoms with Crippen molar-refractivity contribution >= 4 is 30.1 Å². The molecule has 6 nitrogen and oxygen atoms in total. The van der Waals surface area contributed by atoms with Gasteiger partial charge in [0.25, 0.3) is 0 Å². The highest BCUT2D eigenvalue weighted by atomic mass is 35.5. The Bertz CT molecular complexity index is 396. The smallest absolute Gasteiger partial charge is 0.230 e. The summed E-state index contributed by atoms with van der Waals surface area (Å²) in [7, 11) is 1.67. The normalized spacial score (nSPS) is 10.2. The van der Waals surface area contributed by atoms with Gasteiger partial charge in [0, 0.05) is 38.1 Å². The number of nitrogens with zero attached hydrogens (tertiary/aromatic N) is 1. The Morgan fingerprint density at radius 2 is 2.10 bits per heavy atom. The number of aryl methyl sites for hydroxylation is 2. The van der Waals surface area contributed by atoms with E-state index in [1.165, 1.54) is 0 Å². The number of amides is 1. The highest BCUT2D eigenvalue weighted by Gasteiger charge is 2.09. The summed E-state index contributed by atoms with van der Waals surface area (Å²) in [5.74, 6) is 2.08. The Hall–Kier alpha value is -0.760. The molecule has 0 radical (unpaired) electrons. The lowest BCUT2D eigenvalue weighted by Crippen LogP contribution is -2.33. The second kappa shape index (κ2) is 11.9. The third-order valence-electron chi connectivity index (χ3n) is 2.77. The van der Waals surface area contributed by atoms with Crippen molar-refractivity contribution in [2.24, 2.45) is 0 Å². The number of halogens is 1. The summed E-state index contributed by atoms with van der Waals surface area (Å²) < 4.78 is 9.99. The quantitative estimate of drug-likeness (QED) is 0.627. The SMILES string of the molecule is COCCNCCNC(=O)CSCc1c(C)noc1C.Cl. The number of hydrogen-bond donors (Lipinski definition) is 2. The van der Waals surface area contributed by atoms with Crippen LogP contribution in [0.2, 0.25) is 0 Å². The maximum atomic E-state index is 11.6. The summed E-state index contributed by atoms with van der Waals surface area (Å²) in [4.78, 5) is 11.6. The van der Waals surface area contributed by atoms with Crippen LogP contribution >= 0.6 is 24.2 Å². The van der Waals surface area contributed by atoms with E-state index in [1.807, 2.05) is 13.8 Å². The van der Waals surface area contributed by atoms with Crippen LogP contribution in [0.1, 0.15) is 17.0 Å². The molecule has 0 saturated heterocycles. The van der Waals surface area contributed by atoms with Gasteiger partial charge >= 0.3 is 0 Å². The van der Waals surface area contributed by atoms with Gasteiger partial charge in [-0.1, -0.05) is 5.16 Å². The van der Waals surface area contributed by atoms with Gasteiger partial charge in [-0.05, 0) is 13.8 Å². The van der Waals surface area contributed by atoms with Gasteiger partial charge in [-0.2, -0.15) is 0 Å². The van der Waals surface area contributed by atoms with E-state index in [-0.39, 0.29) is 18.3 Å². The zero-order valence-corrected chi connectivity index (χ0v) is 14.4. The molecule has 0 aliphatic rings.